The van der Waals surface area contributed by atoms with E-state index in [0.29, 0.717) is 24.4 Å². The summed E-state index contributed by atoms with van der Waals surface area (Å²) in [6.45, 7) is 13.8. The van der Waals surface area contributed by atoms with Gasteiger partial charge in [-0.2, -0.15) is 5.26 Å². The van der Waals surface area contributed by atoms with E-state index in [9.17, 15) is 5.11 Å². The fourth-order valence-corrected chi connectivity index (χ4v) is 7.07. The lowest BCUT2D eigenvalue weighted by atomic mass is 9.60. The molecule has 3 saturated carbocycles. The average Bonchev–Trinajstić information content (AvgIpc) is 3.10. The van der Waals surface area contributed by atoms with E-state index in [-0.39, 0.29) is 6.10 Å². The van der Waals surface area contributed by atoms with Crippen molar-refractivity contribution in [2.24, 2.45) is 23.2 Å². The quantitative estimate of drug-likeness (QED) is 0.364. The van der Waals surface area contributed by atoms with Crippen LogP contribution < -0.4 is 0 Å². The molecule has 0 aliphatic heterocycles. The maximum atomic E-state index is 10.1. The van der Waals surface area contributed by atoms with Crippen molar-refractivity contribution in [1.82, 2.24) is 0 Å². The molecule has 3 rings (SSSR count). The van der Waals surface area contributed by atoms with E-state index in [0.717, 1.165) is 43.9 Å². The molecule has 3 fully saturated rings. The van der Waals surface area contributed by atoms with Crippen LogP contribution in [0.3, 0.4) is 0 Å². The summed E-state index contributed by atoms with van der Waals surface area (Å²) >= 11 is 0. The topological polar surface area (TPSA) is 53.2 Å². The molecule has 1 unspecified atom stereocenters. The molecule has 3 aliphatic carbocycles. The molecule has 33 heavy (non-hydrogen) atoms. The second kappa shape index (κ2) is 11.4. The van der Waals surface area contributed by atoms with E-state index in [1.807, 2.05) is 13.8 Å². The highest BCUT2D eigenvalue weighted by molar-refractivity contribution is 5.36. The van der Waals surface area contributed by atoms with Gasteiger partial charge in [0.15, 0.2) is 0 Å². The molecule has 0 heterocycles. The van der Waals surface area contributed by atoms with Crippen LogP contribution >= 0.6 is 0 Å². The number of ether oxygens (including phenoxy) is 1. The van der Waals surface area contributed by atoms with Crippen molar-refractivity contribution >= 4 is 0 Å². The first-order valence-electron chi connectivity index (χ1n) is 13.4. The van der Waals surface area contributed by atoms with Crippen molar-refractivity contribution in [2.45, 2.75) is 116 Å². The summed E-state index contributed by atoms with van der Waals surface area (Å²) in [4.78, 5) is 0. The molecular formula is C30H47NO2. The molecule has 0 saturated heterocycles. The smallest absolute Gasteiger partial charge is 0.0645 e. The Kier molecular flexibility index (Phi) is 9.04. The van der Waals surface area contributed by atoms with E-state index < -0.39 is 5.60 Å². The Bertz CT molecular complexity index is 780. The van der Waals surface area contributed by atoms with Gasteiger partial charge in [0.25, 0.3) is 0 Å². The zero-order valence-electron chi connectivity index (χ0n) is 21.7. The lowest BCUT2D eigenvalue weighted by Crippen LogP contribution is -2.36. The maximum Gasteiger partial charge on any atom is 0.0645 e. The zero-order valence-corrected chi connectivity index (χ0v) is 21.7. The molecule has 0 aromatic carbocycles. The van der Waals surface area contributed by atoms with E-state index in [1.54, 1.807) is 5.57 Å². The Morgan fingerprint density at radius 1 is 1.27 bits per heavy atom. The van der Waals surface area contributed by atoms with Gasteiger partial charge in [0, 0.05) is 0 Å². The van der Waals surface area contributed by atoms with E-state index >= 15 is 0 Å². The second-order valence-electron chi connectivity index (χ2n) is 12.0. The van der Waals surface area contributed by atoms with Crippen LogP contribution in [0.5, 0.6) is 0 Å². The molecule has 0 aromatic rings. The van der Waals surface area contributed by atoms with Crippen LogP contribution in [0.2, 0.25) is 0 Å². The Labute approximate surface area is 203 Å². The standard InChI is InChI=1S/C30H47NO2/c1-22-11-14-26(33-20-8-19-31)21-25(22)13-12-24-10-7-18-30(5)27(15-16-28(24)30)23(2)9-6-17-29(3,4)32/h12-13,23,26-28,32H,1,6-11,14-18,20-21H2,2-5H3/b24-12+,25-13-/t23-,26+,27-,28?,30-/m1/s1. The normalized spacial score (nSPS) is 33.8. The molecule has 0 spiro atoms. The molecule has 184 valence electrons. The van der Waals surface area contributed by atoms with Crippen LogP contribution in [0.1, 0.15) is 105 Å². The molecule has 3 aliphatic rings. The molecule has 3 nitrogen and oxygen atoms in total. The summed E-state index contributed by atoms with van der Waals surface area (Å²) in [6.07, 6.45) is 18.3. The van der Waals surface area contributed by atoms with Crippen molar-refractivity contribution in [3.8, 4) is 6.07 Å². The predicted octanol–water partition coefficient (Wildman–Crippen LogP) is 7.67. The van der Waals surface area contributed by atoms with E-state index in [2.05, 4.69) is 38.6 Å². The third kappa shape index (κ3) is 6.83. The highest BCUT2D eigenvalue weighted by Gasteiger charge is 2.50. The van der Waals surface area contributed by atoms with Gasteiger partial charge in [-0.05, 0) is 100 Å². The van der Waals surface area contributed by atoms with Crippen LogP contribution in [-0.2, 0) is 4.74 Å². The van der Waals surface area contributed by atoms with Crippen molar-refractivity contribution in [1.29, 1.82) is 5.26 Å². The molecule has 0 amide bonds. The molecule has 5 atom stereocenters. The highest BCUT2D eigenvalue weighted by atomic mass is 16.5. The minimum atomic E-state index is -0.543. The number of allylic oxidation sites excluding steroid dienone is 4. The minimum Gasteiger partial charge on any atom is -0.390 e. The van der Waals surface area contributed by atoms with E-state index in [1.165, 1.54) is 49.7 Å². The lowest BCUT2D eigenvalue weighted by molar-refractivity contribution is 0.0478. The molecule has 0 bridgehead atoms. The van der Waals surface area contributed by atoms with Gasteiger partial charge in [0.05, 0.1) is 30.8 Å². The van der Waals surface area contributed by atoms with Gasteiger partial charge in [-0.25, -0.2) is 0 Å². The first-order chi connectivity index (χ1) is 15.6. The van der Waals surface area contributed by atoms with Crippen molar-refractivity contribution in [3.05, 3.63) is 35.5 Å². The van der Waals surface area contributed by atoms with Crippen LogP contribution in [0, 0.1) is 34.5 Å². The highest BCUT2D eigenvalue weighted by Crippen LogP contribution is 2.60. The lowest BCUT2D eigenvalue weighted by Gasteiger charge is -2.44. The Balaban J connectivity index is 1.65. The van der Waals surface area contributed by atoms with Gasteiger partial charge in [0.2, 0.25) is 0 Å². The van der Waals surface area contributed by atoms with Gasteiger partial charge in [-0.15, -0.1) is 0 Å². The first-order valence-corrected chi connectivity index (χ1v) is 13.4. The summed E-state index contributed by atoms with van der Waals surface area (Å²) in [6, 6.07) is 2.17. The third-order valence-corrected chi connectivity index (χ3v) is 8.91. The maximum absolute atomic E-state index is 10.1. The zero-order chi connectivity index (χ0) is 24.1. The van der Waals surface area contributed by atoms with Crippen LogP contribution in [0.15, 0.2) is 35.5 Å². The Morgan fingerprint density at radius 2 is 2.06 bits per heavy atom. The Hall–Kier alpha value is -1.37. The van der Waals surface area contributed by atoms with Gasteiger partial charge in [0.1, 0.15) is 0 Å². The third-order valence-electron chi connectivity index (χ3n) is 8.91. The SMILES string of the molecule is C=C1CC[C@H](OCCC#N)C/C1=C/C=C1\CCC[C@@]2(C)C1CC[C@@H]2[C@H](C)CCCC(C)(C)O. The fourth-order valence-electron chi connectivity index (χ4n) is 7.07. The van der Waals surface area contributed by atoms with Gasteiger partial charge < -0.3 is 9.84 Å². The fraction of sp³-hybridized carbons (Fsp3) is 0.767. The van der Waals surface area contributed by atoms with E-state index in [4.69, 9.17) is 10.00 Å². The first kappa shape index (κ1) is 26.2. The molecule has 0 aromatic heterocycles. The Morgan fingerprint density at radius 3 is 2.79 bits per heavy atom. The van der Waals surface area contributed by atoms with Crippen LogP contribution in [-0.4, -0.2) is 23.4 Å². The number of hydrogen-bond donors (Lipinski definition) is 1. The second-order valence-corrected chi connectivity index (χ2v) is 12.0. The molecule has 3 heteroatoms. The molecular weight excluding hydrogens is 406 g/mol. The van der Waals surface area contributed by atoms with Crippen molar-refractivity contribution < 1.29 is 9.84 Å². The summed E-state index contributed by atoms with van der Waals surface area (Å²) < 4.78 is 5.93. The van der Waals surface area contributed by atoms with Crippen LogP contribution in [0.25, 0.3) is 0 Å². The summed E-state index contributed by atoms with van der Waals surface area (Å²) in [5, 5.41) is 18.9. The number of nitriles is 1. The summed E-state index contributed by atoms with van der Waals surface area (Å²) in [7, 11) is 0. The van der Waals surface area contributed by atoms with Crippen molar-refractivity contribution in [3.63, 3.8) is 0 Å². The van der Waals surface area contributed by atoms with Crippen molar-refractivity contribution in [2.75, 3.05) is 6.61 Å². The molecule has 1 N–H and O–H groups in total. The summed E-state index contributed by atoms with van der Waals surface area (Å²) in [5.74, 6) is 2.23. The average molecular weight is 454 g/mol. The number of hydrogen-bond acceptors (Lipinski definition) is 3. The largest absolute Gasteiger partial charge is 0.390 e. The number of fused-ring (bicyclic) bond motifs is 1. The number of nitrogens with zero attached hydrogens (tertiary/aromatic N) is 1. The molecule has 0 radical (unpaired) electrons. The monoisotopic (exact) mass is 453 g/mol. The van der Waals surface area contributed by atoms with Crippen LogP contribution in [0.4, 0.5) is 0 Å². The van der Waals surface area contributed by atoms with Gasteiger partial charge >= 0.3 is 0 Å². The minimum absolute atomic E-state index is 0.228. The summed E-state index contributed by atoms with van der Waals surface area (Å²) in [5.41, 5.74) is 4.14. The number of rotatable bonds is 9. The van der Waals surface area contributed by atoms with Gasteiger partial charge in [-0.1, -0.05) is 56.6 Å². The van der Waals surface area contributed by atoms with Gasteiger partial charge in [-0.3, -0.25) is 0 Å². The predicted molar refractivity (Wildman–Crippen MR) is 137 cm³/mol. The number of aliphatic hydroxyl groups is 1.